The van der Waals surface area contributed by atoms with Crippen LogP contribution >= 0.6 is 0 Å². The lowest BCUT2D eigenvalue weighted by Crippen LogP contribution is -2.40. The monoisotopic (exact) mass is 569 g/mol. The van der Waals surface area contributed by atoms with E-state index in [1.54, 1.807) is 41.1 Å². The average molecular weight is 570 g/mol. The molecule has 3 aromatic heterocycles. The number of nitrogens with zero attached hydrogens (tertiary/aromatic N) is 5. The van der Waals surface area contributed by atoms with Crippen LogP contribution in [0.5, 0.6) is 11.6 Å². The zero-order valence-corrected chi connectivity index (χ0v) is 22.9. The number of hydrogen-bond donors (Lipinski definition) is 2. The molecular formula is C31H29F2N7O2. The lowest BCUT2D eigenvalue weighted by Gasteiger charge is -2.31. The Labute approximate surface area is 241 Å². The number of aryl methyl sites for hydroxylation is 1. The molecule has 4 heterocycles. The first-order valence-corrected chi connectivity index (χ1v) is 13.7. The molecule has 42 heavy (non-hydrogen) atoms. The van der Waals surface area contributed by atoms with E-state index < -0.39 is 11.6 Å². The number of rotatable bonds is 7. The van der Waals surface area contributed by atoms with E-state index in [9.17, 15) is 9.18 Å². The summed E-state index contributed by atoms with van der Waals surface area (Å²) in [5, 5.41) is 3.25. The summed E-state index contributed by atoms with van der Waals surface area (Å²) in [7, 11) is 0. The van der Waals surface area contributed by atoms with Gasteiger partial charge in [-0.15, -0.1) is 0 Å². The summed E-state index contributed by atoms with van der Waals surface area (Å²) < 4.78 is 37.3. The van der Waals surface area contributed by atoms with E-state index >= 15 is 4.39 Å². The molecule has 0 unspecified atom stereocenters. The fraction of sp³-hybridized carbons (Fsp3) is 0.226. The number of aromatic nitrogens is 4. The maximum atomic E-state index is 15.2. The summed E-state index contributed by atoms with van der Waals surface area (Å²) in [6, 6.07) is 13.2. The van der Waals surface area contributed by atoms with Crippen molar-refractivity contribution in [2.45, 2.75) is 19.8 Å². The van der Waals surface area contributed by atoms with Crippen molar-refractivity contribution in [2.75, 3.05) is 25.0 Å². The molecule has 1 amide bonds. The molecule has 1 aliphatic rings. The highest BCUT2D eigenvalue weighted by molar-refractivity contribution is 5.96. The smallest absolute Gasteiger partial charge is 0.254 e. The Kier molecular flexibility index (Phi) is 7.49. The first-order valence-electron chi connectivity index (χ1n) is 13.7. The van der Waals surface area contributed by atoms with Gasteiger partial charge in [0.2, 0.25) is 11.7 Å². The van der Waals surface area contributed by atoms with Gasteiger partial charge in [0.05, 0.1) is 11.9 Å². The number of pyridine rings is 1. The number of likely N-dealkylation sites (tertiary alicyclic amines) is 1. The Morgan fingerprint density at radius 2 is 1.88 bits per heavy atom. The highest BCUT2D eigenvalue weighted by atomic mass is 19.2. The molecule has 0 spiro atoms. The molecule has 2 aromatic carbocycles. The number of carbonyl (C=O) groups excluding carboxylic acids is 1. The van der Waals surface area contributed by atoms with E-state index in [2.05, 4.69) is 20.3 Å². The van der Waals surface area contributed by atoms with Gasteiger partial charge in [-0.25, -0.2) is 19.3 Å². The maximum Gasteiger partial charge on any atom is 0.254 e. The molecule has 11 heteroatoms. The molecule has 5 aromatic rings. The number of piperidine rings is 1. The van der Waals surface area contributed by atoms with Crippen molar-refractivity contribution in [1.29, 1.82) is 0 Å². The predicted molar refractivity (Wildman–Crippen MR) is 155 cm³/mol. The maximum absolute atomic E-state index is 15.2. The van der Waals surface area contributed by atoms with Gasteiger partial charge in [0.25, 0.3) is 5.91 Å². The average Bonchev–Trinajstić information content (AvgIpc) is 3.45. The van der Waals surface area contributed by atoms with Crippen LogP contribution in [-0.2, 0) is 0 Å². The standard InChI is InChI=1S/C31H29F2N7O2/c1-19-16-21(5-6-22(19)31(41)39-13-9-20(17-34)10-14-39)38-29-30-37-18-24(40(30)15-12-36-29)23-7-8-25(28(33)27(23)32)42-26-4-2-3-11-35-26/h2-8,11-12,15-16,18,20H,9-10,13-14,17,34H2,1H3,(H,36,38). The molecule has 0 saturated carbocycles. The van der Waals surface area contributed by atoms with Gasteiger partial charge in [-0.3, -0.25) is 9.20 Å². The molecule has 0 atom stereocenters. The summed E-state index contributed by atoms with van der Waals surface area (Å²) in [6.45, 7) is 3.96. The van der Waals surface area contributed by atoms with Gasteiger partial charge < -0.3 is 20.7 Å². The summed E-state index contributed by atoms with van der Waals surface area (Å²) in [4.78, 5) is 27.9. The van der Waals surface area contributed by atoms with Crippen LogP contribution in [0, 0.1) is 24.5 Å². The van der Waals surface area contributed by atoms with Crippen LogP contribution in [0.2, 0.25) is 0 Å². The van der Waals surface area contributed by atoms with Crippen molar-refractivity contribution in [1.82, 2.24) is 24.3 Å². The molecule has 0 aliphatic carbocycles. The number of fused-ring (bicyclic) bond motifs is 1. The lowest BCUT2D eigenvalue weighted by molar-refractivity contribution is 0.0692. The predicted octanol–water partition coefficient (Wildman–Crippen LogP) is 5.72. The van der Waals surface area contributed by atoms with Crippen molar-refractivity contribution < 1.29 is 18.3 Å². The second-order valence-electron chi connectivity index (χ2n) is 10.2. The fourth-order valence-electron chi connectivity index (χ4n) is 5.20. The van der Waals surface area contributed by atoms with Crippen molar-refractivity contribution >= 4 is 23.1 Å². The van der Waals surface area contributed by atoms with Crippen LogP contribution in [0.3, 0.4) is 0 Å². The zero-order chi connectivity index (χ0) is 29.2. The van der Waals surface area contributed by atoms with Crippen LogP contribution in [0.15, 0.2) is 73.3 Å². The molecule has 6 rings (SSSR count). The van der Waals surface area contributed by atoms with Crippen LogP contribution in [0.4, 0.5) is 20.3 Å². The van der Waals surface area contributed by atoms with E-state index in [1.807, 2.05) is 24.0 Å². The van der Waals surface area contributed by atoms with Crippen molar-refractivity contribution in [3.8, 4) is 22.9 Å². The minimum absolute atomic E-state index is 0.0124. The van der Waals surface area contributed by atoms with Crippen LogP contribution < -0.4 is 15.8 Å². The van der Waals surface area contributed by atoms with Gasteiger partial charge in [0.15, 0.2) is 23.0 Å². The zero-order valence-electron chi connectivity index (χ0n) is 22.9. The normalized spacial score (nSPS) is 13.9. The number of benzene rings is 2. The second kappa shape index (κ2) is 11.5. The first kappa shape index (κ1) is 27.3. The SMILES string of the molecule is Cc1cc(Nc2nccn3c(-c4ccc(Oc5ccccn5)c(F)c4F)cnc23)ccc1C(=O)N1CCC(CN)CC1. The van der Waals surface area contributed by atoms with Crippen molar-refractivity contribution in [3.05, 3.63) is 96.1 Å². The van der Waals surface area contributed by atoms with Gasteiger partial charge >= 0.3 is 0 Å². The Hall–Kier alpha value is -4.90. The number of hydrogen-bond acceptors (Lipinski definition) is 7. The number of halogens is 2. The summed E-state index contributed by atoms with van der Waals surface area (Å²) in [5.74, 6) is -1.42. The van der Waals surface area contributed by atoms with E-state index in [4.69, 9.17) is 10.5 Å². The number of anilines is 2. The first-order chi connectivity index (χ1) is 20.4. The highest BCUT2D eigenvalue weighted by Gasteiger charge is 2.24. The van der Waals surface area contributed by atoms with E-state index in [1.165, 1.54) is 24.5 Å². The third kappa shape index (κ3) is 5.26. The number of amides is 1. The molecule has 1 fully saturated rings. The van der Waals surface area contributed by atoms with Crippen LogP contribution in [-0.4, -0.2) is 49.8 Å². The third-order valence-corrected chi connectivity index (χ3v) is 7.56. The van der Waals surface area contributed by atoms with Crippen molar-refractivity contribution in [2.24, 2.45) is 11.7 Å². The lowest BCUT2D eigenvalue weighted by atomic mass is 9.96. The summed E-state index contributed by atoms with van der Waals surface area (Å²) >= 11 is 0. The van der Waals surface area contributed by atoms with E-state index in [0.29, 0.717) is 54.0 Å². The minimum atomic E-state index is -1.13. The molecule has 1 saturated heterocycles. The summed E-state index contributed by atoms with van der Waals surface area (Å²) in [6.07, 6.45) is 7.96. The van der Waals surface area contributed by atoms with Gasteiger partial charge in [-0.1, -0.05) is 6.07 Å². The van der Waals surface area contributed by atoms with Gasteiger partial charge in [-0.2, -0.15) is 4.39 Å². The summed E-state index contributed by atoms with van der Waals surface area (Å²) in [5.41, 5.74) is 8.74. The Balaban J connectivity index is 1.23. The Bertz CT molecular complexity index is 1750. The van der Waals surface area contributed by atoms with Gasteiger partial charge in [0, 0.05) is 54.6 Å². The topological polar surface area (TPSA) is 111 Å². The van der Waals surface area contributed by atoms with E-state index in [-0.39, 0.29) is 23.1 Å². The van der Waals surface area contributed by atoms with Crippen LogP contribution in [0.25, 0.3) is 16.9 Å². The molecule has 3 N–H and O–H groups in total. The number of nitrogens with one attached hydrogen (secondary N) is 1. The fourth-order valence-corrected chi connectivity index (χ4v) is 5.20. The molecule has 214 valence electrons. The molecule has 9 nitrogen and oxygen atoms in total. The Morgan fingerprint density at radius 3 is 2.62 bits per heavy atom. The van der Waals surface area contributed by atoms with Crippen LogP contribution in [0.1, 0.15) is 28.8 Å². The molecule has 0 radical (unpaired) electrons. The van der Waals surface area contributed by atoms with Gasteiger partial charge in [-0.05, 0) is 74.2 Å². The van der Waals surface area contributed by atoms with Gasteiger partial charge in [0.1, 0.15) is 0 Å². The largest absolute Gasteiger partial charge is 0.436 e. The number of ether oxygens (including phenoxy) is 1. The quantitative estimate of drug-likeness (QED) is 0.258. The number of nitrogens with two attached hydrogens (primary N) is 1. The van der Waals surface area contributed by atoms with E-state index in [0.717, 1.165) is 18.4 Å². The number of carbonyl (C=O) groups is 1. The molecule has 0 bridgehead atoms. The number of imidazole rings is 1. The third-order valence-electron chi connectivity index (χ3n) is 7.56. The van der Waals surface area contributed by atoms with Crippen molar-refractivity contribution in [3.63, 3.8) is 0 Å². The molecular weight excluding hydrogens is 540 g/mol. The highest BCUT2D eigenvalue weighted by Crippen LogP contribution is 2.33. The Morgan fingerprint density at radius 1 is 1.05 bits per heavy atom. The second-order valence-corrected chi connectivity index (χ2v) is 10.2. The minimum Gasteiger partial charge on any atom is -0.436 e. The molecule has 1 aliphatic heterocycles.